The maximum Gasteiger partial charge on any atom is 0.228 e. The maximum absolute atomic E-state index is 5.22. The Hall–Kier alpha value is -4.27. The van der Waals surface area contributed by atoms with Crippen molar-refractivity contribution in [1.82, 2.24) is 34.3 Å². The van der Waals surface area contributed by atoms with Crippen LogP contribution in [0.2, 0.25) is 0 Å². The molecular weight excluding hydrogens is 392 g/mol. The normalized spacial score (nSPS) is 11.0. The lowest BCUT2D eigenvalue weighted by atomic mass is 10.1. The van der Waals surface area contributed by atoms with Gasteiger partial charge in [0.2, 0.25) is 5.95 Å². The molecule has 0 aliphatic heterocycles. The van der Waals surface area contributed by atoms with E-state index in [-0.39, 0.29) is 0 Å². The van der Waals surface area contributed by atoms with Crippen LogP contribution in [-0.4, -0.2) is 41.5 Å². The van der Waals surface area contributed by atoms with Crippen molar-refractivity contribution >= 4 is 17.4 Å². The lowest BCUT2D eigenvalue weighted by Crippen LogP contribution is -2.03. The van der Waals surface area contributed by atoms with Crippen LogP contribution < -0.4 is 10.1 Å². The van der Waals surface area contributed by atoms with E-state index in [1.165, 1.54) is 0 Å². The Kier molecular flexibility index (Phi) is 4.75. The van der Waals surface area contributed by atoms with Gasteiger partial charge >= 0.3 is 0 Å². The van der Waals surface area contributed by atoms with Crippen molar-refractivity contribution in [2.75, 3.05) is 12.4 Å². The summed E-state index contributed by atoms with van der Waals surface area (Å²) < 4.78 is 8.94. The third kappa shape index (κ3) is 3.80. The second-order valence-corrected chi connectivity index (χ2v) is 7.02. The first-order valence-corrected chi connectivity index (χ1v) is 9.74. The van der Waals surface area contributed by atoms with E-state index in [4.69, 9.17) is 4.74 Å². The van der Waals surface area contributed by atoms with Crippen molar-refractivity contribution < 1.29 is 4.74 Å². The number of nitrogens with zero attached hydrogens (tertiary/aromatic N) is 7. The minimum absolute atomic E-state index is 0.502. The van der Waals surface area contributed by atoms with Crippen LogP contribution in [0.1, 0.15) is 11.4 Å². The van der Waals surface area contributed by atoms with Gasteiger partial charge in [-0.1, -0.05) is 12.1 Å². The molecule has 0 radical (unpaired) electrons. The van der Waals surface area contributed by atoms with E-state index < -0.39 is 0 Å². The quantitative estimate of drug-likeness (QED) is 0.457. The van der Waals surface area contributed by atoms with Gasteiger partial charge in [-0.3, -0.25) is 9.08 Å². The summed E-state index contributed by atoms with van der Waals surface area (Å²) in [4.78, 5) is 8.93. The molecule has 31 heavy (non-hydrogen) atoms. The molecule has 0 amide bonds. The molecule has 5 aromatic rings. The summed E-state index contributed by atoms with van der Waals surface area (Å²) >= 11 is 0. The minimum atomic E-state index is 0.502. The van der Waals surface area contributed by atoms with Crippen LogP contribution >= 0.6 is 0 Å². The number of fused-ring (bicyclic) bond motifs is 1. The maximum atomic E-state index is 5.22. The van der Waals surface area contributed by atoms with Gasteiger partial charge in [-0.2, -0.15) is 5.10 Å². The van der Waals surface area contributed by atoms with Crippen molar-refractivity contribution in [2.24, 2.45) is 7.05 Å². The van der Waals surface area contributed by atoms with E-state index in [9.17, 15) is 0 Å². The molecule has 0 saturated heterocycles. The van der Waals surface area contributed by atoms with Gasteiger partial charge in [0.15, 0.2) is 5.65 Å². The number of aryl methyl sites for hydroxylation is 1. The molecule has 9 nitrogen and oxygen atoms in total. The Morgan fingerprint density at radius 1 is 1.00 bits per heavy atom. The molecule has 0 atom stereocenters. The van der Waals surface area contributed by atoms with Crippen molar-refractivity contribution in [3.05, 3.63) is 78.5 Å². The third-order valence-corrected chi connectivity index (χ3v) is 5.01. The highest BCUT2D eigenvalue weighted by molar-refractivity contribution is 5.65. The molecule has 0 saturated carbocycles. The van der Waals surface area contributed by atoms with Gasteiger partial charge in [-0.25, -0.2) is 9.97 Å². The highest BCUT2D eigenvalue weighted by Crippen LogP contribution is 2.22. The molecular formula is C22H20N8O. The monoisotopic (exact) mass is 412 g/mol. The summed E-state index contributed by atoms with van der Waals surface area (Å²) in [5.41, 5.74) is 3.63. The fourth-order valence-electron chi connectivity index (χ4n) is 3.34. The van der Waals surface area contributed by atoms with E-state index in [2.05, 4.69) is 30.6 Å². The number of aromatic nitrogens is 7. The third-order valence-electron chi connectivity index (χ3n) is 5.01. The van der Waals surface area contributed by atoms with Gasteiger partial charge in [0.05, 0.1) is 19.0 Å². The van der Waals surface area contributed by atoms with Gasteiger partial charge in [0.1, 0.15) is 17.4 Å². The van der Waals surface area contributed by atoms with Gasteiger partial charge < -0.3 is 10.1 Å². The number of rotatable bonds is 6. The Labute approximate surface area is 178 Å². The molecule has 5 rings (SSSR count). The van der Waals surface area contributed by atoms with Crippen molar-refractivity contribution in [3.8, 4) is 17.0 Å². The number of hydrogen-bond acceptors (Lipinski definition) is 7. The molecule has 4 aromatic heterocycles. The van der Waals surface area contributed by atoms with Gasteiger partial charge in [-0.05, 0) is 35.9 Å². The second-order valence-electron chi connectivity index (χ2n) is 7.02. The Bertz CT molecular complexity index is 1340. The average Bonchev–Trinajstić information content (AvgIpc) is 3.40. The highest BCUT2D eigenvalue weighted by Gasteiger charge is 2.10. The molecule has 4 heterocycles. The number of anilines is 2. The summed E-state index contributed by atoms with van der Waals surface area (Å²) in [5, 5.41) is 16.0. The van der Waals surface area contributed by atoms with Crippen molar-refractivity contribution in [3.63, 3.8) is 0 Å². The second kappa shape index (κ2) is 7.86. The Morgan fingerprint density at radius 2 is 1.87 bits per heavy atom. The number of benzene rings is 1. The number of nitrogens with one attached hydrogen (secondary N) is 1. The summed E-state index contributed by atoms with van der Waals surface area (Å²) in [7, 11) is 3.52. The zero-order valence-electron chi connectivity index (χ0n) is 17.1. The summed E-state index contributed by atoms with van der Waals surface area (Å²) in [6.07, 6.45) is 6.09. The van der Waals surface area contributed by atoms with Crippen molar-refractivity contribution in [2.45, 2.75) is 6.42 Å². The Morgan fingerprint density at radius 3 is 2.65 bits per heavy atom. The fourth-order valence-corrected chi connectivity index (χ4v) is 3.34. The van der Waals surface area contributed by atoms with E-state index in [1.54, 1.807) is 24.2 Å². The van der Waals surface area contributed by atoms with Gasteiger partial charge in [0.25, 0.3) is 0 Å². The average molecular weight is 412 g/mol. The highest BCUT2D eigenvalue weighted by atomic mass is 16.5. The van der Waals surface area contributed by atoms with E-state index in [0.29, 0.717) is 12.4 Å². The Balaban J connectivity index is 1.40. The number of hydrogen-bond donors (Lipinski definition) is 1. The molecule has 1 aromatic carbocycles. The lowest BCUT2D eigenvalue weighted by Gasteiger charge is -2.07. The first-order chi connectivity index (χ1) is 15.2. The molecule has 0 fully saturated rings. The fraction of sp³-hybridized carbons (Fsp3) is 0.136. The van der Waals surface area contributed by atoms with Crippen molar-refractivity contribution in [1.29, 1.82) is 0 Å². The van der Waals surface area contributed by atoms with Crippen LogP contribution in [0.5, 0.6) is 5.75 Å². The molecule has 0 bridgehead atoms. The first kappa shape index (κ1) is 18.7. The van der Waals surface area contributed by atoms with Crippen LogP contribution in [0.25, 0.3) is 16.9 Å². The van der Waals surface area contributed by atoms with Crippen LogP contribution in [0.4, 0.5) is 11.8 Å². The van der Waals surface area contributed by atoms with E-state index in [0.717, 1.165) is 39.9 Å². The van der Waals surface area contributed by atoms with Crippen LogP contribution in [-0.2, 0) is 13.5 Å². The smallest absolute Gasteiger partial charge is 0.228 e. The predicted molar refractivity (Wildman–Crippen MR) is 116 cm³/mol. The largest absolute Gasteiger partial charge is 0.497 e. The predicted octanol–water partition coefficient (Wildman–Crippen LogP) is 3.26. The summed E-state index contributed by atoms with van der Waals surface area (Å²) in [6.45, 7) is 0. The van der Waals surface area contributed by atoms with Crippen LogP contribution in [0, 0.1) is 0 Å². The molecule has 0 spiro atoms. The summed E-state index contributed by atoms with van der Waals surface area (Å²) in [5.74, 6) is 3.02. The number of methoxy groups -OCH3 is 1. The number of pyridine rings is 1. The zero-order valence-corrected chi connectivity index (χ0v) is 17.1. The van der Waals surface area contributed by atoms with Crippen LogP contribution in [0.3, 0.4) is 0 Å². The SMILES string of the molecule is COc1ccc(Cc2nnc3cc(-c4ccnc(Nc5ccnn5C)n4)ccn23)cc1. The molecule has 154 valence electrons. The molecule has 1 N–H and O–H groups in total. The van der Waals surface area contributed by atoms with Gasteiger partial charge in [0, 0.05) is 37.5 Å². The lowest BCUT2D eigenvalue weighted by molar-refractivity contribution is 0.414. The van der Waals surface area contributed by atoms with Crippen LogP contribution in [0.15, 0.2) is 67.1 Å². The minimum Gasteiger partial charge on any atom is -0.497 e. The zero-order chi connectivity index (χ0) is 21.2. The van der Waals surface area contributed by atoms with Gasteiger partial charge in [-0.15, -0.1) is 10.2 Å². The molecule has 0 aliphatic rings. The molecule has 0 aliphatic carbocycles. The first-order valence-electron chi connectivity index (χ1n) is 9.74. The number of ether oxygens (including phenoxy) is 1. The molecule has 0 unspecified atom stereocenters. The standard InChI is InChI=1S/C22H20N8O/c1-29-19(8-11-24-29)26-22-23-10-7-18(25-22)16-9-12-30-20(27-28-21(30)14-16)13-15-3-5-17(31-2)6-4-15/h3-12,14H,13H2,1-2H3,(H,23,25,26). The van der Waals surface area contributed by atoms with E-state index in [1.807, 2.05) is 66.2 Å². The molecule has 9 heteroatoms. The summed E-state index contributed by atoms with van der Waals surface area (Å²) in [6, 6.07) is 15.7. The van der Waals surface area contributed by atoms with E-state index >= 15 is 0 Å². The topological polar surface area (TPSA) is 95.0 Å².